The fraction of sp³-hybridized carbons (Fsp3) is 0.273. The topological polar surface area (TPSA) is 63.6 Å². The lowest BCUT2D eigenvalue weighted by atomic mass is 10.2. The van der Waals surface area contributed by atoms with Gasteiger partial charge in [0.15, 0.2) is 0 Å². The molecular formula is C11H12O4S. The molecule has 0 amide bonds. The van der Waals surface area contributed by atoms with Crippen molar-refractivity contribution in [3.05, 3.63) is 28.0 Å². The Bertz CT molecular complexity index is 406. The summed E-state index contributed by atoms with van der Waals surface area (Å²) in [6, 6.07) is 1.70. The van der Waals surface area contributed by atoms with E-state index in [1.165, 1.54) is 0 Å². The van der Waals surface area contributed by atoms with Crippen LogP contribution in [0.15, 0.2) is 17.5 Å². The summed E-state index contributed by atoms with van der Waals surface area (Å²) in [5, 5.41) is 10.5. The summed E-state index contributed by atoms with van der Waals surface area (Å²) in [5.74, 6) is -1.27. The third kappa shape index (κ3) is 3.51. The maximum atomic E-state index is 11.0. The summed E-state index contributed by atoms with van der Waals surface area (Å²) in [7, 11) is 0. The van der Waals surface area contributed by atoms with Crippen molar-refractivity contribution in [2.75, 3.05) is 6.61 Å². The number of ether oxygens (including phenoxy) is 1. The molecule has 1 aromatic heterocycles. The molecule has 0 unspecified atom stereocenters. The molecule has 0 saturated heterocycles. The van der Waals surface area contributed by atoms with Crippen molar-refractivity contribution in [2.45, 2.75) is 13.3 Å². The summed E-state index contributed by atoms with van der Waals surface area (Å²) in [5.41, 5.74) is 0.613. The highest BCUT2D eigenvalue weighted by Gasteiger charge is 2.08. The second-order valence-electron chi connectivity index (χ2n) is 2.92. The van der Waals surface area contributed by atoms with Gasteiger partial charge in [0, 0.05) is 0 Å². The number of hydrogen-bond acceptors (Lipinski definition) is 4. The van der Waals surface area contributed by atoms with Gasteiger partial charge < -0.3 is 9.84 Å². The third-order valence-corrected chi connectivity index (χ3v) is 2.70. The van der Waals surface area contributed by atoms with Crippen molar-refractivity contribution >= 4 is 29.4 Å². The van der Waals surface area contributed by atoms with Gasteiger partial charge in [-0.25, -0.2) is 4.79 Å². The summed E-state index contributed by atoms with van der Waals surface area (Å²) in [6.07, 6.45) is 3.38. The molecule has 4 nitrogen and oxygen atoms in total. The Morgan fingerprint density at radius 1 is 1.56 bits per heavy atom. The van der Waals surface area contributed by atoms with Crippen LogP contribution in [0.1, 0.15) is 28.6 Å². The highest BCUT2D eigenvalue weighted by Crippen LogP contribution is 2.18. The number of aromatic carboxylic acids is 1. The first-order valence-corrected chi connectivity index (χ1v) is 5.66. The van der Waals surface area contributed by atoms with Gasteiger partial charge in [-0.2, -0.15) is 0 Å². The minimum Gasteiger partial charge on any atom is -0.477 e. The Labute approximate surface area is 97.2 Å². The zero-order valence-corrected chi connectivity index (χ0v) is 9.62. The molecule has 0 radical (unpaired) electrons. The van der Waals surface area contributed by atoms with Gasteiger partial charge in [-0.3, -0.25) is 4.79 Å². The van der Waals surface area contributed by atoms with E-state index in [-0.39, 0.29) is 17.3 Å². The van der Waals surface area contributed by atoms with Gasteiger partial charge in [-0.1, -0.05) is 12.2 Å². The third-order valence-electron chi connectivity index (χ3n) is 1.78. The fourth-order valence-corrected chi connectivity index (χ4v) is 1.85. The number of carbonyl (C=O) groups excluding carboxylic acids is 1. The molecule has 16 heavy (non-hydrogen) atoms. The number of esters is 1. The molecule has 5 heteroatoms. The number of carboxylic acid groups (broad SMARTS) is 1. The molecule has 0 aliphatic carbocycles. The first kappa shape index (κ1) is 12.4. The zero-order chi connectivity index (χ0) is 12.0. The maximum absolute atomic E-state index is 11.0. The molecule has 0 saturated carbocycles. The molecule has 0 bridgehead atoms. The van der Waals surface area contributed by atoms with Gasteiger partial charge in [-0.15, -0.1) is 11.3 Å². The van der Waals surface area contributed by atoms with E-state index < -0.39 is 5.97 Å². The molecule has 0 aliphatic heterocycles. The lowest BCUT2D eigenvalue weighted by Crippen LogP contribution is -2.01. The Balaban J connectivity index is 2.59. The van der Waals surface area contributed by atoms with Gasteiger partial charge in [0.05, 0.1) is 13.0 Å². The van der Waals surface area contributed by atoms with Crippen molar-refractivity contribution in [3.63, 3.8) is 0 Å². The number of rotatable bonds is 5. The number of thiophene rings is 1. The molecule has 1 heterocycles. The van der Waals surface area contributed by atoms with Crippen LogP contribution in [-0.4, -0.2) is 23.7 Å². The Kier molecular flexibility index (Phi) is 4.72. The molecule has 0 aliphatic rings. The normalized spacial score (nSPS) is 10.6. The minimum atomic E-state index is -0.953. The van der Waals surface area contributed by atoms with E-state index in [9.17, 15) is 9.59 Å². The van der Waals surface area contributed by atoms with Crippen LogP contribution < -0.4 is 0 Å². The van der Waals surface area contributed by atoms with Crippen molar-refractivity contribution in [3.8, 4) is 0 Å². The summed E-state index contributed by atoms with van der Waals surface area (Å²) in [6.45, 7) is 2.09. The van der Waals surface area contributed by atoms with E-state index in [1.54, 1.807) is 30.5 Å². The first-order valence-electron chi connectivity index (χ1n) is 4.78. The van der Waals surface area contributed by atoms with E-state index in [2.05, 4.69) is 0 Å². The summed E-state index contributed by atoms with van der Waals surface area (Å²) >= 11 is 1.16. The monoisotopic (exact) mass is 240 g/mol. The molecule has 0 spiro atoms. The van der Waals surface area contributed by atoms with E-state index in [0.29, 0.717) is 12.2 Å². The van der Waals surface area contributed by atoms with Gasteiger partial charge in [0.2, 0.25) is 0 Å². The molecule has 0 aromatic carbocycles. The average molecular weight is 240 g/mol. The molecule has 86 valence electrons. The fourth-order valence-electron chi connectivity index (χ4n) is 1.13. The Hall–Kier alpha value is -1.62. The number of carbonyl (C=O) groups is 2. The Morgan fingerprint density at radius 2 is 2.31 bits per heavy atom. The standard InChI is InChI=1S/C11H12O4S/c1-2-15-9(12)5-3-4-8-6-7-16-10(8)11(13)14/h3-4,6-7H,2,5H2,1H3,(H,13,14). The van der Waals surface area contributed by atoms with Crippen LogP contribution >= 0.6 is 11.3 Å². The lowest BCUT2D eigenvalue weighted by molar-refractivity contribution is -0.142. The van der Waals surface area contributed by atoms with Crippen molar-refractivity contribution < 1.29 is 19.4 Å². The summed E-state index contributed by atoms with van der Waals surface area (Å²) in [4.78, 5) is 22.0. The van der Waals surface area contributed by atoms with E-state index in [1.807, 2.05) is 0 Å². The van der Waals surface area contributed by atoms with Gasteiger partial charge in [0.25, 0.3) is 0 Å². The van der Waals surface area contributed by atoms with Crippen molar-refractivity contribution in [1.29, 1.82) is 0 Å². The minimum absolute atomic E-state index is 0.156. The van der Waals surface area contributed by atoms with Gasteiger partial charge in [0.1, 0.15) is 4.88 Å². The second-order valence-corrected chi connectivity index (χ2v) is 3.84. The van der Waals surface area contributed by atoms with Crippen molar-refractivity contribution in [1.82, 2.24) is 0 Å². The number of carboxylic acids is 1. The van der Waals surface area contributed by atoms with Crippen LogP contribution in [0, 0.1) is 0 Å². The van der Waals surface area contributed by atoms with Crippen LogP contribution in [0.3, 0.4) is 0 Å². The van der Waals surface area contributed by atoms with Gasteiger partial charge in [-0.05, 0) is 23.9 Å². The van der Waals surface area contributed by atoms with Crippen molar-refractivity contribution in [2.24, 2.45) is 0 Å². The zero-order valence-electron chi connectivity index (χ0n) is 8.80. The van der Waals surface area contributed by atoms with Crippen LogP contribution in [0.2, 0.25) is 0 Å². The van der Waals surface area contributed by atoms with E-state index in [4.69, 9.17) is 9.84 Å². The molecule has 1 N–H and O–H groups in total. The van der Waals surface area contributed by atoms with E-state index >= 15 is 0 Å². The lowest BCUT2D eigenvalue weighted by Gasteiger charge is -1.96. The highest BCUT2D eigenvalue weighted by atomic mass is 32.1. The van der Waals surface area contributed by atoms with E-state index in [0.717, 1.165) is 11.3 Å². The first-order chi connectivity index (χ1) is 7.65. The van der Waals surface area contributed by atoms with Crippen LogP contribution in [-0.2, 0) is 9.53 Å². The number of hydrogen-bond donors (Lipinski definition) is 1. The largest absolute Gasteiger partial charge is 0.477 e. The predicted molar refractivity (Wildman–Crippen MR) is 61.6 cm³/mol. The molecular weight excluding hydrogens is 228 g/mol. The quantitative estimate of drug-likeness (QED) is 0.803. The predicted octanol–water partition coefficient (Wildman–Crippen LogP) is 2.41. The van der Waals surface area contributed by atoms with Crippen LogP contribution in [0.4, 0.5) is 0 Å². The Morgan fingerprint density at radius 3 is 2.94 bits per heavy atom. The smallest absolute Gasteiger partial charge is 0.346 e. The SMILES string of the molecule is CCOC(=O)CC=Cc1ccsc1C(=O)O. The summed E-state index contributed by atoms with van der Waals surface area (Å²) < 4.78 is 4.74. The molecule has 0 fully saturated rings. The van der Waals surface area contributed by atoms with Gasteiger partial charge >= 0.3 is 11.9 Å². The van der Waals surface area contributed by atoms with Crippen LogP contribution in [0.25, 0.3) is 6.08 Å². The van der Waals surface area contributed by atoms with Crippen LogP contribution in [0.5, 0.6) is 0 Å². The average Bonchev–Trinajstić information content (AvgIpc) is 2.66. The highest BCUT2D eigenvalue weighted by molar-refractivity contribution is 7.12. The maximum Gasteiger partial charge on any atom is 0.346 e. The molecule has 1 rings (SSSR count). The second kappa shape index (κ2) is 6.07. The molecule has 1 aromatic rings. The molecule has 0 atom stereocenters.